The third-order valence-electron chi connectivity index (χ3n) is 5.63. The highest BCUT2D eigenvalue weighted by molar-refractivity contribution is 7.13. The zero-order chi connectivity index (χ0) is 20.7. The number of aromatic nitrogens is 4. The van der Waals surface area contributed by atoms with Gasteiger partial charge in [0.15, 0.2) is 17.0 Å². The number of rotatable bonds is 4. The number of thiophene rings is 1. The molecule has 1 aliphatic rings. The van der Waals surface area contributed by atoms with Gasteiger partial charge in [0.05, 0.1) is 11.4 Å². The van der Waals surface area contributed by atoms with Gasteiger partial charge in [-0.1, -0.05) is 36.4 Å². The first-order chi connectivity index (χ1) is 14.6. The van der Waals surface area contributed by atoms with Crippen molar-refractivity contribution in [2.75, 3.05) is 18.0 Å². The monoisotopic (exact) mass is 420 g/mol. The van der Waals surface area contributed by atoms with Crippen LogP contribution in [0, 0.1) is 0 Å². The van der Waals surface area contributed by atoms with E-state index in [4.69, 9.17) is 15.7 Å². The van der Waals surface area contributed by atoms with Gasteiger partial charge in [-0.2, -0.15) is 4.98 Å². The number of benzene rings is 1. The molecule has 5 rings (SSSR count). The Morgan fingerprint density at radius 1 is 1.17 bits per heavy atom. The summed E-state index contributed by atoms with van der Waals surface area (Å²) in [5.41, 5.74) is 8.30. The quantitative estimate of drug-likeness (QED) is 0.549. The molecular formula is C22H24N6OS. The molecule has 1 aromatic carbocycles. The van der Waals surface area contributed by atoms with E-state index in [0.29, 0.717) is 23.5 Å². The fourth-order valence-corrected chi connectivity index (χ4v) is 4.87. The molecule has 0 aliphatic carbocycles. The van der Waals surface area contributed by atoms with Crippen LogP contribution in [0.5, 0.6) is 0 Å². The first kappa shape index (κ1) is 19.0. The van der Waals surface area contributed by atoms with Crippen molar-refractivity contribution in [1.82, 2.24) is 19.1 Å². The van der Waals surface area contributed by atoms with Gasteiger partial charge < -0.3 is 10.6 Å². The largest absolute Gasteiger partial charge is 0.341 e. The molecule has 1 atom stereocenters. The first-order valence-corrected chi connectivity index (χ1v) is 11.1. The van der Waals surface area contributed by atoms with E-state index in [9.17, 15) is 4.79 Å². The molecule has 0 amide bonds. The van der Waals surface area contributed by atoms with Crippen molar-refractivity contribution in [3.8, 4) is 10.7 Å². The zero-order valence-electron chi connectivity index (χ0n) is 16.9. The highest BCUT2D eigenvalue weighted by Gasteiger charge is 2.25. The number of anilines is 1. The smallest absolute Gasteiger partial charge is 0.279 e. The van der Waals surface area contributed by atoms with Crippen LogP contribution in [-0.2, 0) is 13.6 Å². The molecule has 0 spiro atoms. The van der Waals surface area contributed by atoms with Crippen LogP contribution >= 0.6 is 11.3 Å². The summed E-state index contributed by atoms with van der Waals surface area (Å²) >= 11 is 1.57. The molecule has 1 fully saturated rings. The van der Waals surface area contributed by atoms with E-state index < -0.39 is 0 Å². The molecule has 4 heterocycles. The maximum absolute atomic E-state index is 13.4. The Hall–Kier alpha value is -2.97. The molecule has 0 radical (unpaired) electrons. The Bertz CT molecular complexity index is 1230. The van der Waals surface area contributed by atoms with Crippen molar-refractivity contribution in [3.63, 3.8) is 0 Å². The highest BCUT2D eigenvalue weighted by atomic mass is 32.1. The summed E-state index contributed by atoms with van der Waals surface area (Å²) in [4.78, 5) is 26.2. The van der Waals surface area contributed by atoms with E-state index in [2.05, 4.69) is 17.0 Å². The summed E-state index contributed by atoms with van der Waals surface area (Å²) in [7, 11) is 1.78. The first-order valence-electron chi connectivity index (χ1n) is 10.2. The predicted molar refractivity (Wildman–Crippen MR) is 121 cm³/mol. The lowest BCUT2D eigenvalue weighted by molar-refractivity contribution is 0.495. The van der Waals surface area contributed by atoms with E-state index in [1.54, 1.807) is 23.0 Å². The summed E-state index contributed by atoms with van der Waals surface area (Å²) < 4.78 is 3.64. The number of fused-ring (bicyclic) bond motifs is 1. The van der Waals surface area contributed by atoms with Crippen LogP contribution in [0.15, 0.2) is 52.6 Å². The topological polar surface area (TPSA) is 82.0 Å². The van der Waals surface area contributed by atoms with Gasteiger partial charge in [-0.3, -0.25) is 13.9 Å². The Balaban J connectivity index is 1.72. The average molecular weight is 421 g/mol. The molecule has 2 N–H and O–H groups in total. The summed E-state index contributed by atoms with van der Waals surface area (Å²) in [6.45, 7) is 2.17. The summed E-state index contributed by atoms with van der Waals surface area (Å²) in [5, 5.41) is 1.99. The van der Waals surface area contributed by atoms with E-state index in [0.717, 1.165) is 42.3 Å². The highest BCUT2D eigenvalue weighted by Crippen LogP contribution is 2.27. The Morgan fingerprint density at radius 3 is 2.73 bits per heavy atom. The van der Waals surface area contributed by atoms with Crippen molar-refractivity contribution in [1.29, 1.82) is 0 Å². The van der Waals surface area contributed by atoms with Gasteiger partial charge in [0.25, 0.3) is 5.56 Å². The molecule has 0 bridgehead atoms. The average Bonchev–Trinajstić information content (AvgIpc) is 3.40. The second kappa shape index (κ2) is 7.70. The third-order valence-corrected chi connectivity index (χ3v) is 6.50. The number of nitrogens with zero attached hydrogens (tertiary/aromatic N) is 5. The molecule has 8 heteroatoms. The summed E-state index contributed by atoms with van der Waals surface area (Å²) in [6, 6.07) is 14.2. The van der Waals surface area contributed by atoms with Crippen molar-refractivity contribution in [3.05, 3.63) is 63.8 Å². The number of piperidine rings is 1. The minimum atomic E-state index is -0.0839. The minimum absolute atomic E-state index is 0.0839. The Kier molecular flexibility index (Phi) is 4.88. The van der Waals surface area contributed by atoms with Gasteiger partial charge in [-0.15, -0.1) is 11.3 Å². The van der Waals surface area contributed by atoms with Crippen LogP contribution in [0.4, 0.5) is 5.95 Å². The molecule has 7 nitrogen and oxygen atoms in total. The molecule has 4 aromatic rings. The van der Waals surface area contributed by atoms with Gasteiger partial charge in [-0.25, -0.2) is 4.98 Å². The van der Waals surface area contributed by atoms with E-state index in [1.807, 2.05) is 40.3 Å². The second-order valence-electron chi connectivity index (χ2n) is 7.78. The van der Waals surface area contributed by atoms with E-state index in [-0.39, 0.29) is 11.6 Å². The number of imidazole rings is 1. The van der Waals surface area contributed by atoms with Crippen LogP contribution in [0.2, 0.25) is 0 Å². The zero-order valence-corrected chi connectivity index (χ0v) is 17.7. The van der Waals surface area contributed by atoms with Gasteiger partial charge in [-0.05, 0) is 29.9 Å². The summed E-state index contributed by atoms with van der Waals surface area (Å²) in [6.07, 6.45) is 2.03. The molecule has 30 heavy (non-hydrogen) atoms. The molecule has 3 aromatic heterocycles. The van der Waals surface area contributed by atoms with Gasteiger partial charge in [0.1, 0.15) is 0 Å². The maximum atomic E-state index is 13.4. The van der Waals surface area contributed by atoms with Gasteiger partial charge in [0.2, 0.25) is 5.95 Å². The lowest BCUT2D eigenvalue weighted by Crippen LogP contribution is -2.44. The lowest BCUT2D eigenvalue weighted by atomic mass is 10.1. The summed E-state index contributed by atoms with van der Waals surface area (Å²) in [5.74, 6) is 1.42. The molecule has 1 unspecified atom stereocenters. The molecule has 154 valence electrons. The number of hydrogen-bond acceptors (Lipinski definition) is 6. The van der Waals surface area contributed by atoms with Crippen LogP contribution in [0.25, 0.3) is 21.9 Å². The van der Waals surface area contributed by atoms with Crippen LogP contribution in [-0.4, -0.2) is 38.2 Å². The SMILES string of the molecule is Cn1c(-c2cccs2)nc2nc(N3CCCC(N)C3)n(Cc3ccccc3)c2c1=O. The van der Waals surface area contributed by atoms with E-state index in [1.165, 1.54) is 0 Å². The second-order valence-corrected chi connectivity index (χ2v) is 8.73. The molecular weight excluding hydrogens is 396 g/mol. The number of nitrogens with two attached hydrogens (primary N) is 1. The van der Waals surface area contributed by atoms with Gasteiger partial charge in [0, 0.05) is 26.2 Å². The Morgan fingerprint density at radius 2 is 2.00 bits per heavy atom. The standard InChI is InChI=1S/C22H24N6OS/c1-26-20(17-10-6-12-30-17)24-19-18(21(26)29)28(13-15-7-3-2-4-8-15)22(25-19)27-11-5-9-16(23)14-27/h2-4,6-8,10,12,16H,5,9,11,13-14,23H2,1H3. The number of hydrogen-bond donors (Lipinski definition) is 1. The maximum Gasteiger partial charge on any atom is 0.279 e. The lowest BCUT2D eigenvalue weighted by Gasteiger charge is -2.31. The van der Waals surface area contributed by atoms with Crippen LogP contribution < -0.4 is 16.2 Å². The van der Waals surface area contributed by atoms with Crippen molar-refractivity contribution < 1.29 is 0 Å². The van der Waals surface area contributed by atoms with Crippen molar-refractivity contribution >= 4 is 28.4 Å². The van der Waals surface area contributed by atoms with Crippen molar-refractivity contribution in [2.24, 2.45) is 12.8 Å². The normalized spacial score (nSPS) is 17.0. The van der Waals surface area contributed by atoms with Gasteiger partial charge >= 0.3 is 0 Å². The molecule has 1 aliphatic heterocycles. The molecule has 0 saturated carbocycles. The van der Waals surface area contributed by atoms with Crippen LogP contribution in [0.1, 0.15) is 18.4 Å². The third kappa shape index (κ3) is 3.32. The minimum Gasteiger partial charge on any atom is -0.341 e. The van der Waals surface area contributed by atoms with E-state index >= 15 is 0 Å². The van der Waals surface area contributed by atoms with Crippen molar-refractivity contribution in [2.45, 2.75) is 25.4 Å². The Labute approximate surface area is 178 Å². The fraction of sp³-hybridized carbons (Fsp3) is 0.318. The fourth-order valence-electron chi connectivity index (χ4n) is 4.12. The predicted octanol–water partition coefficient (Wildman–Crippen LogP) is 2.83. The van der Waals surface area contributed by atoms with Crippen LogP contribution in [0.3, 0.4) is 0 Å². The molecule has 1 saturated heterocycles.